The molecule has 0 saturated carbocycles. The normalized spacial score (nSPS) is 18.3. The van der Waals surface area contributed by atoms with Crippen LogP contribution in [-0.4, -0.2) is 45.8 Å². The van der Waals surface area contributed by atoms with Gasteiger partial charge in [0.05, 0.1) is 25.7 Å². The Morgan fingerprint density at radius 2 is 1.75 bits per heavy atom. The van der Waals surface area contributed by atoms with Gasteiger partial charge in [-0.1, -0.05) is 30.7 Å². The summed E-state index contributed by atoms with van der Waals surface area (Å²) in [7, 11) is 3.80. The van der Waals surface area contributed by atoms with E-state index in [1.807, 2.05) is 35.2 Å². The van der Waals surface area contributed by atoms with Crippen LogP contribution in [-0.2, 0) is 11.2 Å². The Hall–Kier alpha value is -3.22. The van der Waals surface area contributed by atoms with E-state index >= 15 is 0 Å². The van der Waals surface area contributed by atoms with Gasteiger partial charge in [0, 0.05) is 30.0 Å². The fourth-order valence-corrected chi connectivity index (χ4v) is 5.93. The summed E-state index contributed by atoms with van der Waals surface area (Å²) < 4.78 is 11.9. The van der Waals surface area contributed by atoms with E-state index in [2.05, 4.69) is 61.4 Å². The number of piperidine rings is 1. The summed E-state index contributed by atoms with van der Waals surface area (Å²) >= 11 is 6.26. The number of hydrogen-bond acceptors (Lipinski definition) is 5. The predicted octanol–water partition coefficient (Wildman–Crippen LogP) is 6.64. The van der Waals surface area contributed by atoms with E-state index in [4.69, 9.17) is 21.1 Å². The molecule has 2 heterocycles. The number of nitrogens with one attached hydrogen (secondary N) is 1. The zero-order valence-corrected chi connectivity index (χ0v) is 24.7. The molecule has 3 aromatic carbocycles. The third kappa shape index (κ3) is 6.08. The molecule has 1 N–H and O–H groups in total. The van der Waals surface area contributed by atoms with E-state index in [1.165, 1.54) is 12.8 Å². The van der Waals surface area contributed by atoms with Gasteiger partial charge in [0.15, 0.2) is 11.5 Å². The molecule has 40 heavy (non-hydrogen) atoms. The molecule has 0 aliphatic carbocycles. The molecule has 212 valence electrons. The van der Waals surface area contributed by atoms with Crippen LogP contribution in [0.25, 0.3) is 0 Å². The molecule has 0 spiro atoms. The van der Waals surface area contributed by atoms with Crippen LogP contribution in [0.15, 0.2) is 60.7 Å². The SMILES string of the molecule is CCC(C)Oc1cc2c(cc1OC)CC(=O)N(c1ccc(N(C)CC3CCNCC3)cc1)C2c1ccc(Cl)cc1. The summed E-state index contributed by atoms with van der Waals surface area (Å²) in [6, 6.07) is 19.9. The molecular weight excluding hydrogens is 522 g/mol. The number of ether oxygens (including phenoxy) is 2. The number of methoxy groups -OCH3 is 1. The zero-order chi connectivity index (χ0) is 28.2. The first-order chi connectivity index (χ1) is 19.4. The van der Waals surface area contributed by atoms with Gasteiger partial charge in [-0.05, 0) is 110 Å². The highest BCUT2D eigenvalue weighted by molar-refractivity contribution is 6.30. The quantitative estimate of drug-likeness (QED) is 0.317. The maximum Gasteiger partial charge on any atom is 0.232 e. The summed E-state index contributed by atoms with van der Waals surface area (Å²) in [6.45, 7) is 7.37. The number of benzene rings is 3. The van der Waals surface area contributed by atoms with Crippen molar-refractivity contribution in [2.24, 2.45) is 5.92 Å². The summed E-state index contributed by atoms with van der Waals surface area (Å²) in [6.07, 6.45) is 3.62. The van der Waals surface area contributed by atoms with Gasteiger partial charge in [0.25, 0.3) is 0 Å². The molecule has 1 saturated heterocycles. The number of halogens is 1. The van der Waals surface area contributed by atoms with E-state index < -0.39 is 0 Å². The van der Waals surface area contributed by atoms with Crippen LogP contribution in [0.4, 0.5) is 11.4 Å². The van der Waals surface area contributed by atoms with Crippen molar-refractivity contribution >= 4 is 28.9 Å². The average molecular weight is 562 g/mol. The summed E-state index contributed by atoms with van der Waals surface area (Å²) in [5, 5.41) is 4.11. The second kappa shape index (κ2) is 12.5. The topological polar surface area (TPSA) is 54.0 Å². The first kappa shape index (κ1) is 28.3. The van der Waals surface area contributed by atoms with Crippen molar-refractivity contribution in [2.45, 2.75) is 51.7 Å². The maximum absolute atomic E-state index is 13.8. The van der Waals surface area contributed by atoms with Crippen LogP contribution >= 0.6 is 11.6 Å². The van der Waals surface area contributed by atoms with Crippen LogP contribution in [0.2, 0.25) is 5.02 Å². The Bertz CT molecular complexity index is 1310. The lowest BCUT2D eigenvalue weighted by Gasteiger charge is -2.38. The van der Waals surface area contributed by atoms with Crippen LogP contribution in [0.5, 0.6) is 11.5 Å². The van der Waals surface area contributed by atoms with Crippen molar-refractivity contribution in [1.29, 1.82) is 0 Å². The fraction of sp³-hybridized carbons (Fsp3) is 0.424. The lowest BCUT2D eigenvalue weighted by Crippen LogP contribution is -2.41. The van der Waals surface area contributed by atoms with Crippen molar-refractivity contribution in [2.75, 3.05) is 43.6 Å². The minimum Gasteiger partial charge on any atom is -0.493 e. The van der Waals surface area contributed by atoms with E-state index in [0.717, 1.165) is 54.1 Å². The second-order valence-electron chi connectivity index (χ2n) is 11.0. The lowest BCUT2D eigenvalue weighted by atomic mass is 9.86. The molecule has 0 aromatic heterocycles. The Morgan fingerprint density at radius 1 is 1.05 bits per heavy atom. The number of carbonyl (C=O) groups excluding carboxylic acids is 1. The number of rotatable bonds is 9. The zero-order valence-electron chi connectivity index (χ0n) is 24.0. The molecule has 6 nitrogen and oxygen atoms in total. The van der Waals surface area contributed by atoms with E-state index in [-0.39, 0.29) is 24.5 Å². The first-order valence-electron chi connectivity index (χ1n) is 14.3. The number of fused-ring (bicyclic) bond motifs is 1. The van der Waals surface area contributed by atoms with Crippen molar-refractivity contribution in [1.82, 2.24) is 5.32 Å². The highest BCUT2D eigenvalue weighted by atomic mass is 35.5. The van der Waals surface area contributed by atoms with Gasteiger partial charge in [-0.2, -0.15) is 0 Å². The van der Waals surface area contributed by atoms with Crippen molar-refractivity contribution in [3.05, 3.63) is 82.4 Å². The number of amides is 1. The minimum atomic E-state index is -0.322. The Morgan fingerprint density at radius 3 is 2.40 bits per heavy atom. The molecule has 2 aliphatic rings. The number of carbonyl (C=O) groups is 1. The number of nitrogens with zero attached hydrogens (tertiary/aromatic N) is 2. The molecule has 2 atom stereocenters. The molecule has 0 bridgehead atoms. The van der Waals surface area contributed by atoms with E-state index in [1.54, 1.807) is 7.11 Å². The largest absolute Gasteiger partial charge is 0.493 e. The highest BCUT2D eigenvalue weighted by Gasteiger charge is 2.36. The van der Waals surface area contributed by atoms with Crippen LogP contribution in [0.3, 0.4) is 0 Å². The standard InChI is InChI=1S/C33H40ClN3O3/c1-5-22(2)40-31-20-29-25(18-30(31)39-4)19-32(38)37(33(29)24-6-8-26(34)9-7-24)28-12-10-27(11-13-28)36(3)21-23-14-16-35-17-15-23/h6-13,18,20,22-23,33,35H,5,14-17,19,21H2,1-4H3. The summed E-state index contributed by atoms with van der Waals surface area (Å²) in [5.41, 5.74) is 5.01. The van der Waals surface area contributed by atoms with Gasteiger partial charge in [-0.25, -0.2) is 0 Å². The Labute approximate surface area is 243 Å². The van der Waals surface area contributed by atoms with Crippen LogP contribution in [0, 0.1) is 5.92 Å². The second-order valence-corrected chi connectivity index (χ2v) is 11.5. The summed E-state index contributed by atoms with van der Waals surface area (Å²) in [5.74, 6) is 2.08. The van der Waals surface area contributed by atoms with Gasteiger partial charge in [-0.15, -0.1) is 0 Å². The Kier molecular flexibility index (Phi) is 8.87. The first-order valence-corrected chi connectivity index (χ1v) is 14.7. The summed E-state index contributed by atoms with van der Waals surface area (Å²) in [4.78, 5) is 18.1. The molecule has 0 radical (unpaired) electrons. The van der Waals surface area contributed by atoms with E-state index in [0.29, 0.717) is 22.4 Å². The Balaban J connectivity index is 1.51. The third-order valence-corrected chi connectivity index (χ3v) is 8.49. The molecule has 2 unspecified atom stereocenters. The monoisotopic (exact) mass is 561 g/mol. The highest BCUT2D eigenvalue weighted by Crippen LogP contribution is 2.44. The fourth-order valence-electron chi connectivity index (χ4n) is 5.80. The number of anilines is 2. The maximum atomic E-state index is 13.8. The molecule has 7 heteroatoms. The van der Waals surface area contributed by atoms with Crippen molar-refractivity contribution in [3.63, 3.8) is 0 Å². The van der Waals surface area contributed by atoms with Crippen molar-refractivity contribution < 1.29 is 14.3 Å². The molecular formula is C33H40ClN3O3. The van der Waals surface area contributed by atoms with Gasteiger partial charge in [-0.3, -0.25) is 4.79 Å². The minimum absolute atomic E-state index is 0.0386. The van der Waals surface area contributed by atoms with E-state index in [9.17, 15) is 4.79 Å². The van der Waals surface area contributed by atoms with Gasteiger partial charge in [0.1, 0.15) is 0 Å². The predicted molar refractivity (Wildman–Crippen MR) is 163 cm³/mol. The van der Waals surface area contributed by atoms with Gasteiger partial charge < -0.3 is 24.6 Å². The number of hydrogen-bond donors (Lipinski definition) is 1. The van der Waals surface area contributed by atoms with Crippen LogP contribution in [0.1, 0.15) is 55.8 Å². The molecule has 2 aliphatic heterocycles. The van der Waals surface area contributed by atoms with Crippen molar-refractivity contribution in [3.8, 4) is 11.5 Å². The smallest absolute Gasteiger partial charge is 0.232 e. The molecule has 3 aromatic rings. The molecule has 1 amide bonds. The van der Waals surface area contributed by atoms with Gasteiger partial charge >= 0.3 is 0 Å². The van der Waals surface area contributed by atoms with Gasteiger partial charge in [0.2, 0.25) is 5.91 Å². The molecule has 1 fully saturated rings. The molecule has 5 rings (SSSR count). The average Bonchev–Trinajstić information content (AvgIpc) is 2.97. The van der Waals surface area contributed by atoms with Crippen LogP contribution < -0.4 is 24.6 Å². The third-order valence-electron chi connectivity index (χ3n) is 8.24. The lowest BCUT2D eigenvalue weighted by molar-refractivity contribution is -0.118.